The second-order valence-corrected chi connectivity index (χ2v) is 7.12. The molecule has 3 heterocycles. The number of benzene rings is 1. The summed E-state index contributed by atoms with van der Waals surface area (Å²) in [6, 6.07) is 4.50. The smallest absolute Gasteiger partial charge is 0.280 e. The van der Waals surface area contributed by atoms with E-state index in [2.05, 4.69) is 20.2 Å². The molecule has 9 heteroatoms. The van der Waals surface area contributed by atoms with E-state index in [9.17, 15) is 13.2 Å². The molecule has 0 aliphatic carbocycles. The number of alkyl halides is 3. The maximum absolute atomic E-state index is 13.3. The van der Waals surface area contributed by atoms with Gasteiger partial charge in [-0.05, 0) is 30.7 Å². The van der Waals surface area contributed by atoms with Gasteiger partial charge in [-0.2, -0.15) is 18.3 Å². The van der Waals surface area contributed by atoms with Gasteiger partial charge in [-0.1, -0.05) is 25.4 Å². The molecule has 4 aromatic rings. The summed E-state index contributed by atoms with van der Waals surface area (Å²) in [7, 11) is 0. The highest BCUT2D eigenvalue weighted by atomic mass is 35.5. The average molecular weight is 394 g/mol. The number of imidazole rings is 1. The lowest BCUT2D eigenvalue weighted by atomic mass is 10.2. The molecular formula is C18H15ClF3N5. The monoisotopic (exact) mass is 393 g/mol. The van der Waals surface area contributed by atoms with Gasteiger partial charge in [0.05, 0.1) is 22.4 Å². The SMILES string of the molecule is Cc1cc(C(F)(F)F)nc2c1nc(C(C)C)n2-c1cc(Cl)c2[nH]ncc2c1. The van der Waals surface area contributed by atoms with Gasteiger partial charge in [0, 0.05) is 11.3 Å². The number of fused-ring (bicyclic) bond motifs is 2. The molecule has 0 amide bonds. The predicted octanol–water partition coefficient (Wildman–Crippen LogP) is 5.40. The highest BCUT2D eigenvalue weighted by molar-refractivity contribution is 6.35. The highest BCUT2D eigenvalue weighted by Crippen LogP contribution is 2.34. The van der Waals surface area contributed by atoms with Crippen molar-refractivity contribution in [3.63, 3.8) is 0 Å². The normalized spacial score (nSPS) is 12.6. The molecule has 3 aromatic heterocycles. The Balaban J connectivity index is 2.10. The van der Waals surface area contributed by atoms with Crippen LogP contribution < -0.4 is 0 Å². The van der Waals surface area contributed by atoms with E-state index in [4.69, 9.17) is 11.6 Å². The molecule has 5 nitrogen and oxygen atoms in total. The van der Waals surface area contributed by atoms with Gasteiger partial charge in [0.15, 0.2) is 5.65 Å². The molecule has 27 heavy (non-hydrogen) atoms. The molecule has 1 aromatic carbocycles. The summed E-state index contributed by atoms with van der Waals surface area (Å²) in [6.07, 6.45) is -2.93. The van der Waals surface area contributed by atoms with E-state index >= 15 is 0 Å². The summed E-state index contributed by atoms with van der Waals surface area (Å²) < 4.78 is 41.5. The van der Waals surface area contributed by atoms with Gasteiger partial charge in [-0.3, -0.25) is 9.67 Å². The van der Waals surface area contributed by atoms with Crippen LogP contribution in [0.3, 0.4) is 0 Å². The highest BCUT2D eigenvalue weighted by Gasteiger charge is 2.34. The summed E-state index contributed by atoms with van der Waals surface area (Å²) in [5, 5.41) is 7.93. The molecule has 140 valence electrons. The third-order valence-electron chi connectivity index (χ3n) is 4.38. The third kappa shape index (κ3) is 2.84. The zero-order valence-corrected chi connectivity index (χ0v) is 15.4. The van der Waals surface area contributed by atoms with Crippen LogP contribution in [0.15, 0.2) is 24.4 Å². The van der Waals surface area contributed by atoms with E-state index in [-0.39, 0.29) is 11.6 Å². The second-order valence-electron chi connectivity index (χ2n) is 6.72. The number of aromatic amines is 1. The summed E-state index contributed by atoms with van der Waals surface area (Å²) >= 11 is 6.33. The molecule has 0 unspecified atom stereocenters. The Kier molecular flexibility index (Phi) is 3.92. The van der Waals surface area contributed by atoms with Crippen LogP contribution in [0.25, 0.3) is 27.8 Å². The topological polar surface area (TPSA) is 59.4 Å². The first-order chi connectivity index (χ1) is 12.7. The van der Waals surface area contributed by atoms with E-state index in [1.165, 1.54) is 0 Å². The molecule has 4 rings (SSSR count). The summed E-state index contributed by atoms with van der Waals surface area (Å²) in [4.78, 5) is 8.47. The third-order valence-corrected chi connectivity index (χ3v) is 4.68. The number of rotatable bonds is 2. The lowest BCUT2D eigenvalue weighted by Gasteiger charge is -2.13. The van der Waals surface area contributed by atoms with Gasteiger partial charge in [0.2, 0.25) is 0 Å². The number of halogens is 4. The van der Waals surface area contributed by atoms with Gasteiger partial charge >= 0.3 is 6.18 Å². The summed E-state index contributed by atoms with van der Waals surface area (Å²) in [5.41, 5.74) is 1.32. The minimum Gasteiger partial charge on any atom is -0.280 e. The van der Waals surface area contributed by atoms with E-state index < -0.39 is 11.9 Å². The van der Waals surface area contributed by atoms with Gasteiger partial charge in [-0.25, -0.2) is 9.97 Å². The lowest BCUT2D eigenvalue weighted by Crippen LogP contribution is -2.10. The Hall–Kier alpha value is -2.61. The Morgan fingerprint density at radius 2 is 1.89 bits per heavy atom. The van der Waals surface area contributed by atoms with E-state index in [0.717, 1.165) is 11.5 Å². The van der Waals surface area contributed by atoms with Crippen molar-refractivity contribution in [2.45, 2.75) is 32.9 Å². The van der Waals surface area contributed by atoms with E-state index in [1.807, 2.05) is 13.8 Å². The first kappa shape index (κ1) is 17.8. The van der Waals surface area contributed by atoms with Gasteiger partial charge < -0.3 is 0 Å². The zero-order valence-electron chi connectivity index (χ0n) is 14.7. The van der Waals surface area contributed by atoms with Crippen molar-refractivity contribution in [3.8, 4) is 5.69 Å². The quantitative estimate of drug-likeness (QED) is 0.496. The Bertz CT molecular complexity index is 1170. The van der Waals surface area contributed by atoms with Crippen molar-refractivity contribution in [2.75, 3.05) is 0 Å². The molecular weight excluding hydrogens is 379 g/mol. The Morgan fingerprint density at radius 3 is 2.56 bits per heavy atom. The number of pyridine rings is 1. The number of nitrogens with zero attached hydrogens (tertiary/aromatic N) is 4. The summed E-state index contributed by atoms with van der Waals surface area (Å²) in [6.45, 7) is 5.46. The molecule has 0 saturated heterocycles. The van der Waals surface area contributed by atoms with Crippen molar-refractivity contribution >= 4 is 33.7 Å². The minimum atomic E-state index is -4.54. The van der Waals surface area contributed by atoms with Crippen LogP contribution in [0.4, 0.5) is 13.2 Å². The molecule has 0 radical (unpaired) electrons. The second kappa shape index (κ2) is 5.95. The standard InChI is InChI=1S/C18H15ClF3N5/c1-8(2)16-25-14-9(3)4-13(18(20,21)22)24-17(14)27(16)11-5-10-7-23-26-15(10)12(19)6-11/h4-8H,1-3H3,(H,23,26). The van der Waals surface area contributed by atoms with Crippen LogP contribution in [-0.2, 0) is 6.18 Å². The maximum atomic E-state index is 13.3. The largest absolute Gasteiger partial charge is 0.433 e. The maximum Gasteiger partial charge on any atom is 0.433 e. The summed E-state index contributed by atoms with van der Waals surface area (Å²) in [5.74, 6) is 0.575. The number of aryl methyl sites for hydroxylation is 1. The van der Waals surface area contributed by atoms with Gasteiger partial charge in [0.1, 0.15) is 17.0 Å². The van der Waals surface area contributed by atoms with Gasteiger partial charge in [-0.15, -0.1) is 0 Å². The van der Waals surface area contributed by atoms with Crippen LogP contribution in [0.2, 0.25) is 5.02 Å². The van der Waals surface area contributed by atoms with E-state index in [0.29, 0.717) is 33.1 Å². The van der Waals surface area contributed by atoms with Crippen LogP contribution in [0.5, 0.6) is 0 Å². The van der Waals surface area contributed by atoms with Crippen molar-refractivity contribution in [3.05, 3.63) is 46.5 Å². The van der Waals surface area contributed by atoms with Crippen molar-refractivity contribution in [1.29, 1.82) is 0 Å². The first-order valence-corrected chi connectivity index (χ1v) is 8.65. The number of hydrogen-bond acceptors (Lipinski definition) is 3. The predicted molar refractivity (Wildman–Crippen MR) is 97.4 cm³/mol. The van der Waals surface area contributed by atoms with Crippen LogP contribution in [-0.4, -0.2) is 24.7 Å². The van der Waals surface area contributed by atoms with Crippen LogP contribution >= 0.6 is 11.6 Å². The molecule has 0 aliphatic heterocycles. The fourth-order valence-electron chi connectivity index (χ4n) is 3.13. The average Bonchev–Trinajstić information content (AvgIpc) is 3.18. The van der Waals surface area contributed by atoms with Crippen molar-refractivity contribution in [2.24, 2.45) is 0 Å². The Morgan fingerprint density at radius 1 is 1.15 bits per heavy atom. The lowest BCUT2D eigenvalue weighted by molar-refractivity contribution is -0.141. The molecule has 0 fully saturated rings. The molecule has 0 spiro atoms. The molecule has 0 bridgehead atoms. The molecule has 1 N–H and O–H groups in total. The number of H-pyrrole nitrogens is 1. The fraction of sp³-hybridized carbons (Fsp3) is 0.278. The number of hydrogen-bond donors (Lipinski definition) is 1. The minimum absolute atomic E-state index is 0.0354. The van der Waals surface area contributed by atoms with Crippen molar-refractivity contribution in [1.82, 2.24) is 24.7 Å². The molecule has 0 aliphatic rings. The number of aromatic nitrogens is 5. The number of nitrogens with one attached hydrogen (secondary N) is 1. The van der Waals surface area contributed by atoms with Crippen LogP contribution in [0, 0.1) is 6.92 Å². The Labute approximate surface area is 157 Å². The van der Waals surface area contributed by atoms with Gasteiger partial charge in [0.25, 0.3) is 0 Å². The van der Waals surface area contributed by atoms with Crippen LogP contribution in [0.1, 0.15) is 36.8 Å². The first-order valence-electron chi connectivity index (χ1n) is 8.27. The zero-order chi connectivity index (χ0) is 19.5. The molecule has 0 saturated carbocycles. The van der Waals surface area contributed by atoms with E-state index in [1.54, 1.807) is 29.8 Å². The van der Waals surface area contributed by atoms with Crippen molar-refractivity contribution < 1.29 is 13.2 Å². The molecule has 0 atom stereocenters. The fourth-order valence-corrected chi connectivity index (χ4v) is 3.39.